The average Bonchev–Trinajstić information content (AvgIpc) is 3.47. The minimum absolute atomic E-state index is 0.190. The van der Waals surface area contributed by atoms with Crippen LogP contribution in [-0.2, 0) is 27.8 Å². The van der Waals surface area contributed by atoms with Crippen LogP contribution in [0.25, 0.3) is 0 Å². The third-order valence-corrected chi connectivity index (χ3v) is 7.68. The summed E-state index contributed by atoms with van der Waals surface area (Å²) in [7, 11) is -3.51. The van der Waals surface area contributed by atoms with E-state index in [1.807, 2.05) is 59.5 Å². The van der Waals surface area contributed by atoms with E-state index in [-0.39, 0.29) is 6.54 Å². The first-order valence-corrected chi connectivity index (χ1v) is 15.9. The van der Waals surface area contributed by atoms with E-state index >= 15 is 0 Å². The first kappa shape index (κ1) is 30.3. The van der Waals surface area contributed by atoms with Crippen LogP contribution in [0.3, 0.4) is 0 Å². The van der Waals surface area contributed by atoms with Gasteiger partial charge in [-0.25, -0.2) is 17.2 Å². The van der Waals surface area contributed by atoms with Gasteiger partial charge in [0.05, 0.1) is 25.2 Å². The highest BCUT2D eigenvalue weighted by atomic mass is 32.2. The smallest absolute Gasteiger partial charge is 0.229 e. The summed E-state index contributed by atoms with van der Waals surface area (Å²) in [6.07, 6.45) is 2.09. The van der Waals surface area contributed by atoms with Crippen LogP contribution in [0.1, 0.15) is 23.1 Å². The lowest BCUT2D eigenvalue weighted by atomic mass is 10.1. The van der Waals surface area contributed by atoms with Crippen molar-refractivity contribution in [1.29, 1.82) is 0 Å². The largest absolute Gasteiger partial charge is 0.493 e. The summed E-state index contributed by atoms with van der Waals surface area (Å²) < 4.78 is 71.9. The van der Waals surface area contributed by atoms with E-state index in [0.29, 0.717) is 47.4 Å². The topological polar surface area (TPSA) is 77.1 Å². The van der Waals surface area contributed by atoms with Crippen molar-refractivity contribution in [3.8, 4) is 17.2 Å². The van der Waals surface area contributed by atoms with E-state index in [9.17, 15) is 17.2 Å². The summed E-state index contributed by atoms with van der Waals surface area (Å²) in [4.78, 5) is 1.95. The Labute approximate surface area is 251 Å². The van der Waals surface area contributed by atoms with Gasteiger partial charge in [0.15, 0.2) is 0 Å². The van der Waals surface area contributed by atoms with Crippen LogP contribution in [0.5, 0.6) is 17.2 Å². The van der Waals surface area contributed by atoms with Crippen LogP contribution < -0.4 is 19.1 Å². The van der Waals surface area contributed by atoms with E-state index in [2.05, 4.69) is 4.72 Å². The lowest BCUT2D eigenvalue weighted by Gasteiger charge is -2.28. The number of halogens is 2. The summed E-state index contributed by atoms with van der Waals surface area (Å²) >= 11 is 0. The zero-order valence-corrected chi connectivity index (χ0v) is 24.9. The minimum atomic E-state index is -3.51. The molecule has 10 heteroatoms. The maximum absolute atomic E-state index is 14.0. The maximum atomic E-state index is 14.0. The second-order valence-corrected chi connectivity index (χ2v) is 12.5. The molecule has 1 fully saturated rings. The fourth-order valence-electron chi connectivity index (χ4n) is 5.00. The summed E-state index contributed by atoms with van der Waals surface area (Å²) in [6, 6.07) is 23.7. The van der Waals surface area contributed by atoms with Gasteiger partial charge in [-0.15, -0.1) is 0 Å². The van der Waals surface area contributed by atoms with Gasteiger partial charge in [-0.1, -0.05) is 24.3 Å². The molecule has 4 aromatic carbocycles. The molecule has 226 valence electrons. The van der Waals surface area contributed by atoms with Crippen LogP contribution >= 0.6 is 0 Å². The van der Waals surface area contributed by atoms with Crippen molar-refractivity contribution in [2.75, 3.05) is 35.7 Å². The van der Waals surface area contributed by atoms with Crippen LogP contribution in [0.2, 0.25) is 0 Å². The number of hydrogen-bond donors (Lipinski definition) is 1. The zero-order valence-electron chi connectivity index (χ0n) is 24.1. The molecule has 1 aliphatic rings. The van der Waals surface area contributed by atoms with Gasteiger partial charge in [-0.2, -0.15) is 0 Å². The fourth-order valence-corrected chi connectivity index (χ4v) is 5.62. The normalized spacial score (nSPS) is 14.8. The van der Waals surface area contributed by atoms with E-state index in [1.165, 1.54) is 12.1 Å². The van der Waals surface area contributed by atoms with E-state index in [4.69, 9.17) is 14.2 Å². The van der Waals surface area contributed by atoms with Crippen molar-refractivity contribution in [2.45, 2.75) is 26.4 Å². The monoisotopic (exact) mass is 608 g/mol. The van der Waals surface area contributed by atoms with E-state index in [0.717, 1.165) is 49.0 Å². The van der Waals surface area contributed by atoms with Crippen molar-refractivity contribution in [3.05, 3.63) is 113 Å². The molecule has 0 amide bonds. The number of nitrogens with one attached hydrogen (secondary N) is 1. The molecule has 7 nitrogen and oxygen atoms in total. The van der Waals surface area contributed by atoms with Crippen molar-refractivity contribution in [1.82, 2.24) is 0 Å². The standard InChI is InChI=1S/C33H34F2N2O5S/c1-23-32(36-43(2,38)39)7-4-8-33(23)37(20-26-15-27(34)17-28(35)16-26)19-24-9-11-29(12-10-24)42-31-6-3-5-30(18-31)41-22-25-13-14-40-21-25/h3-12,15-18,25,36H,13-14,19-22H2,1-2H3. The third kappa shape index (κ3) is 8.68. The average molecular weight is 609 g/mol. The maximum Gasteiger partial charge on any atom is 0.229 e. The lowest BCUT2D eigenvalue weighted by molar-refractivity contribution is 0.167. The zero-order chi connectivity index (χ0) is 30.4. The Balaban J connectivity index is 1.33. The van der Waals surface area contributed by atoms with Gasteiger partial charge in [0.1, 0.15) is 28.9 Å². The fraction of sp³-hybridized carbons (Fsp3) is 0.273. The number of sulfonamides is 1. The second-order valence-electron chi connectivity index (χ2n) is 10.7. The van der Waals surface area contributed by atoms with Crippen LogP contribution in [0.15, 0.2) is 84.9 Å². The molecule has 5 rings (SSSR count). The Bertz CT molecular complexity index is 1640. The van der Waals surface area contributed by atoms with Gasteiger partial charge in [-0.05, 0) is 78.6 Å². The molecule has 1 saturated heterocycles. The number of anilines is 2. The van der Waals surface area contributed by atoms with E-state index < -0.39 is 21.7 Å². The highest BCUT2D eigenvalue weighted by Crippen LogP contribution is 2.31. The lowest BCUT2D eigenvalue weighted by Crippen LogP contribution is -2.24. The summed E-state index contributed by atoms with van der Waals surface area (Å²) in [5.74, 6) is 1.09. The molecule has 0 aliphatic carbocycles. The molecule has 1 N–H and O–H groups in total. The van der Waals surface area contributed by atoms with Gasteiger partial charge in [0.2, 0.25) is 10.0 Å². The highest BCUT2D eigenvalue weighted by Gasteiger charge is 2.17. The van der Waals surface area contributed by atoms with Crippen molar-refractivity contribution in [2.24, 2.45) is 5.92 Å². The molecular weight excluding hydrogens is 574 g/mol. The first-order valence-electron chi connectivity index (χ1n) is 14.0. The third-order valence-electron chi connectivity index (χ3n) is 7.08. The van der Waals surface area contributed by atoms with Crippen molar-refractivity contribution < 1.29 is 31.4 Å². The first-order chi connectivity index (χ1) is 20.6. The van der Waals surface area contributed by atoms with Gasteiger partial charge < -0.3 is 19.1 Å². The Morgan fingerprint density at radius 3 is 2.28 bits per heavy atom. The summed E-state index contributed by atoms with van der Waals surface area (Å²) in [5, 5.41) is 0. The van der Waals surface area contributed by atoms with Crippen LogP contribution in [0, 0.1) is 24.5 Å². The number of hydrogen-bond acceptors (Lipinski definition) is 6. The summed E-state index contributed by atoms with van der Waals surface area (Å²) in [6.45, 7) is 4.48. The molecule has 43 heavy (non-hydrogen) atoms. The van der Waals surface area contributed by atoms with Crippen molar-refractivity contribution in [3.63, 3.8) is 0 Å². The van der Waals surface area contributed by atoms with Crippen LogP contribution in [-0.4, -0.2) is 34.5 Å². The quantitative estimate of drug-likeness (QED) is 0.186. The number of ether oxygens (including phenoxy) is 3. The Hall–Kier alpha value is -4.15. The highest BCUT2D eigenvalue weighted by molar-refractivity contribution is 7.92. The molecule has 4 aromatic rings. The summed E-state index contributed by atoms with van der Waals surface area (Å²) in [5.41, 5.74) is 3.20. The predicted molar refractivity (Wildman–Crippen MR) is 163 cm³/mol. The number of nitrogens with zero attached hydrogens (tertiary/aromatic N) is 1. The molecule has 1 unspecified atom stereocenters. The Morgan fingerprint density at radius 2 is 1.58 bits per heavy atom. The van der Waals surface area contributed by atoms with Crippen molar-refractivity contribution >= 4 is 21.4 Å². The SMILES string of the molecule is Cc1c(NS(C)(=O)=O)cccc1N(Cc1ccc(Oc2cccc(OCC3CCOC3)c2)cc1)Cc1cc(F)cc(F)c1. The number of rotatable bonds is 12. The van der Waals surface area contributed by atoms with Gasteiger partial charge in [-0.3, -0.25) is 4.72 Å². The van der Waals surface area contributed by atoms with Crippen LogP contribution in [0.4, 0.5) is 20.2 Å². The molecule has 0 aromatic heterocycles. The molecule has 0 radical (unpaired) electrons. The molecular formula is C33H34F2N2O5S. The van der Waals surface area contributed by atoms with Gasteiger partial charge >= 0.3 is 0 Å². The molecule has 1 heterocycles. The van der Waals surface area contributed by atoms with Gasteiger partial charge in [0.25, 0.3) is 0 Å². The van der Waals surface area contributed by atoms with E-state index in [1.54, 1.807) is 19.1 Å². The predicted octanol–water partition coefficient (Wildman–Crippen LogP) is 7.06. The second kappa shape index (κ2) is 13.4. The Morgan fingerprint density at radius 1 is 0.884 bits per heavy atom. The Kier molecular flexibility index (Phi) is 9.47. The minimum Gasteiger partial charge on any atom is -0.493 e. The molecule has 0 spiro atoms. The molecule has 0 saturated carbocycles. The molecule has 0 bridgehead atoms. The molecule has 1 atom stereocenters. The van der Waals surface area contributed by atoms with Gasteiger partial charge in [0, 0.05) is 43.4 Å². The molecule has 1 aliphatic heterocycles. The number of benzene rings is 4.